The molecule has 0 aromatic heterocycles. The molecular weight excluding hydrogens is 541 g/mol. The van der Waals surface area contributed by atoms with Crippen LogP contribution in [0.1, 0.15) is 76.7 Å². The second-order valence-electron chi connectivity index (χ2n) is 11.4. The average molecular weight is 586 g/mol. The highest BCUT2D eigenvalue weighted by molar-refractivity contribution is 6.30. The number of unbranched alkanes of at least 4 members (excludes halogenated alkanes) is 1. The first-order valence-electron chi connectivity index (χ1n) is 14.5. The van der Waals surface area contributed by atoms with Crippen molar-refractivity contribution in [3.63, 3.8) is 0 Å². The molecule has 2 aliphatic rings. The van der Waals surface area contributed by atoms with Gasteiger partial charge < -0.3 is 35.6 Å². The number of likely N-dealkylation sites (tertiary alicyclic amines) is 1. The molecule has 0 bridgehead atoms. The van der Waals surface area contributed by atoms with E-state index in [2.05, 4.69) is 10.6 Å². The Kier molecular flexibility index (Phi) is 12.3. The number of nitrogens with zero attached hydrogens (tertiary/aromatic N) is 1. The van der Waals surface area contributed by atoms with Crippen molar-refractivity contribution >= 4 is 23.7 Å². The minimum absolute atomic E-state index is 0.000671. The zero-order valence-corrected chi connectivity index (χ0v) is 24.3. The second-order valence-corrected chi connectivity index (χ2v) is 11.8. The van der Waals surface area contributed by atoms with E-state index in [0.717, 1.165) is 32.1 Å². The molecule has 9 nitrogen and oxygen atoms in total. The Hall–Kier alpha value is -2.14. The van der Waals surface area contributed by atoms with Crippen LogP contribution in [-0.2, 0) is 10.3 Å². The summed E-state index contributed by atoms with van der Waals surface area (Å²) in [6, 6.07) is 2.79. The molecule has 3 amide bonds. The van der Waals surface area contributed by atoms with Gasteiger partial charge in [-0.25, -0.2) is 14.0 Å². The van der Waals surface area contributed by atoms with E-state index >= 15 is 4.39 Å². The number of halogens is 2. The van der Waals surface area contributed by atoms with Crippen LogP contribution in [0.3, 0.4) is 0 Å². The molecule has 5 N–H and O–H groups in total. The first-order chi connectivity index (χ1) is 19.1. The predicted molar refractivity (Wildman–Crippen MR) is 151 cm³/mol. The number of piperidine rings is 1. The van der Waals surface area contributed by atoms with Gasteiger partial charge in [0.05, 0.1) is 28.8 Å². The van der Waals surface area contributed by atoms with Crippen molar-refractivity contribution in [1.29, 1.82) is 0 Å². The number of aliphatic hydroxyl groups excluding tert-OH is 1. The summed E-state index contributed by atoms with van der Waals surface area (Å²) in [4.78, 5) is 26.4. The average Bonchev–Trinajstić information content (AvgIpc) is 2.95. The summed E-state index contributed by atoms with van der Waals surface area (Å²) in [5.41, 5.74) is -1.41. The van der Waals surface area contributed by atoms with E-state index in [1.807, 2.05) is 0 Å². The lowest BCUT2D eigenvalue weighted by atomic mass is 9.74. The first kappa shape index (κ1) is 32.4. The first-order valence-corrected chi connectivity index (χ1v) is 14.8. The number of carbonyl (C=O) groups is 2. The normalized spacial score (nSPS) is 22.1. The number of nitrogens with one attached hydrogen (secondary N) is 2. The largest absolute Gasteiger partial charge is 0.465 e. The van der Waals surface area contributed by atoms with E-state index in [9.17, 15) is 24.9 Å². The minimum Gasteiger partial charge on any atom is -0.465 e. The van der Waals surface area contributed by atoms with Crippen LogP contribution in [0.15, 0.2) is 18.2 Å². The number of hydrogen-bond donors (Lipinski definition) is 5. The van der Waals surface area contributed by atoms with Crippen LogP contribution in [0.25, 0.3) is 0 Å². The molecule has 2 fully saturated rings. The molecule has 11 heteroatoms. The lowest BCUT2D eigenvalue weighted by Gasteiger charge is -2.43. The standard InChI is InChI=1S/C29H45ClFN3O6/c1-19(26(35)25(33-28(37)38)20-10-4-3-5-11-20)32-27(36)34-16-9-12-21(18-34)29(39,15-6-7-17-40-2)22-13-8-14-23(30)24(22)31/h8,13-14,19-21,25-26,33,35,39H,3-7,9-12,15-18H2,1-2H3,(H,32,36)(H,37,38)/t19-,21+,25?,26-,29-/m0/s1. The molecule has 5 atom stereocenters. The van der Waals surface area contributed by atoms with Gasteiger partial charge in [-0.05, 0) is 63.9 Å². The third kappa shape index (κ3) is 8.21. The monoisotopic (exact) mass is 585 g/mol. The maximum Gasteiger partial charge on any atom is 0.404 e. The summed E-state index contributed by atoms with van der Waals surface area (Å²) in [5, 5.41) is 37.7. The van der Waals surface area contributed by atoms with Gasteiger partial charge in [-0.2, -0.15) is 0 Å². The predicted octanol–water partition coefficient (Wildman–Crippen LogP) is 4.87. The molecule has 1 aromatic rings. The Morgan fingerprint density at radius 2 is 1.90 bits per heavy atom. The summed E-state index contributed by atoms with van der Waals surface area (Å²) in [6.45, 7) is 2.83. The number of amides is 3. The molecule has 1 aromatic carbocycles. The number of methoxy groups -OCH3 is 1. The van der Waals surface area contributed by atoms with Crippen molar-refractivity contribution in [3.05, 3.63) is 34.6 Å². The zero-order valence-electron chi connectivity index (χ0n) is 23.6. The molecule has 1 aliphatic heterocycles. The lowest BCUT2D eigenvalue weighted by Crippen LogP contribution is -2.58. The Morgan fingerprint density at radius 3 is 2.58 bits per heavy atom. The molecule has 1 aliphatic carbocycles. The quantitative estimate of drug-likeness (QED) is 0.222. The lowest BCUT2D eigenvalue weighted by molar-refractivity contribution is -0.0589. The van der Waals surface area contributed by atoms with Gasteiger partial charge in [0.25, 0.3) is 0 Å². The van der Waals surface area contributed by atoms with E-state index in [1.54, 1.807) is 31.1 Å². The summed E-state index contributed by atoms with van der Waals surface area (Å²) in [5.74, 6) is -1.10. The third-order valence-electron chi connectivity index (χ3n) is 8.64. The molecule has 1 heterocycles. The SMILES string of the molecule is COCCCC[C@@](O)(c1cccc(Cl)c1F)[C@@H]1CCCN(C(=O)N[C@@H](C)[C@H](O)C(NC(=O)O)C2CCCCC2)C1. The zero-order chi connectivity index (χ0) is 29.3. The Morgan fingerprint density at radius 1 is 1.18 bits per heavy atom. The van der Waals surface area contributed by atoms with Crippen molar-refractivity contribution < 1.29 is 34.0 Å². The maximum atomic E-state index is 15.2. The van der Waals surface area contributed by atoms with Gasteiger partial charge in [0, 0.05) is 38.3 Å². The topological polar surface area (TPSA) is 131 Å². The number of benzene rings is 1. The molecule has 3 rings (SSSR count). The highest BCUT2D eigenvalue weighted by Gasteiger charge is 2.43. The van der Waals surface area contributed by atoms with E-state index < -0.39 is 47.6 Å². The van der Waals surface area contributed by atoms with Crippen molar-refractivity contribution in [2.45, 2.75) is 94.9 Å². The smallest absolute Gasteiger partial charge is 0.404 e. The van der Waals surface area contributed by atoms with Gasteiger partial charge in [0.2, 0.25) is 0 Å². The maximum absolute atomic E-state index is 15.2. The molecule has 1 saturated carbocycles. The van der Waals surface area contributed by atoms with Crippen LogP contribution >= 0.6 is 11.6 Å². The Labute approximate surface area is 241 Å². The van der Waals surface area contributed by atoms with Gasteiger partial charge in [-0.15, -0.1) is 0 Å². The fraction of sp³-hybridized carbons (Fsp3) is 0.724. The fourth-order valence-electron chi connectivity index (χ4n) is 6.39. The summed E-state index contributed by atoms with van der Waals surface area (Å²) < 4.78 is 20.3. The van der Waals surface area contributed by atoms with Gasteiger partial charge in [-0.1, -0.05) is 43.0 Å². The minimum atomic E-state index is -1.54. The van der Waals surface area contributed by atoms with Crippen molar-refractivity contribution in [2.24, 2.45) is 11.8 Å². The van der Waals surface area contributed by atoms with Crippen LogP contribution in [-0.4, -0.2) is 77.3 Å². The van der Waals surface area contributed by atoms with Crippen LogP contribution < -0.4 is 10.6 Å². The number of aliphatic hydroxyl groups is 2. The van der Waals surface area contributed by atoms with E-state index in [-0.39, 0.29) is 29.5 Å². The Bertz CT molecular complexity index is 981. The molecule has 1 unspecified atom stereocenters. The van der Waals surface area contributed by atoms with Crippen LogP contribution in [0.4, 0.5) is 14.0 Å². The number of carbonyl (C=O) groups excluding carboxylic acids is 1. The van der Waals surface area contributed by atoms with Crippen molar-refractivity contribution in [3.8, 4) is 0 Å². The molecule has 226 valence electrons. The van der Waals surface area contributed by atoms with Gasteiger partial charge in [0.15, 0.2) is 0 Å². The number of hydrogen-bond acceptors (Lipinski definition) is 5. The van der Waals surface area contributed by atoms with E-state index in [4.69, 9.17) is 16.3 Å². The molecule has 0 radical (unpaired) electrons. The molecule has 1 saturated heterocycles. The number of rotatable bonds is 12. The number of ether oxygens (including phenoxy) is 1. The fourth-order valence-corrected chi connectivity index (χ4v) is 6.56. The van der Waals surface area contributed by atoms with Gasteiger partial charge in [0.1, 0.15) is 5.82 Å². The van der Waals surface area contributed by atoms with Crippen molar-refractivity contribution in [2.75, 3.05) is 26.8 Å². The van der Waals surface area contributed by atoms with Gasteiger partial charge >= 0.3 is 12.1 Å². The van der Waals surface area contributed by atoms with Crippen LogP contribution in [0.5, 0.6) is 0 Å². The number of urea groups is 1. The van der Waals surface area contributed by atoms with Gasteiger partial charge in [-0.3, -0.25) is 0 Å². The highest BCUT2D eigenvalue weighted by Crippen LogP contribution is 2.42. The summed E-state index contributed by atoms with van der Waals surface area (Å²) in [6.07, 6.45) is 5.16. The summed E-state index contributed by atoms with van der Waals surface area (Å²) >= 11 is 6.08. The second kappa shape index (κ2) is 15.2. The highest BCUT2D eigenvalue weighted by atomic mass is 35.5. The van der Waals surface area contributed by atoms with Crippen molar-refractivity contribution in [1.82, 2.24) is 15.5 Å². The molecule has 0 spiro atoms. The molecule has 40 heavy (non-hydrogen) atoms. The van der Waals surface area contributed by atoms with Crippen LogP contribution in [0, 0.1) is 17.7 Å². The third-order valence-corrected chi connectivity index (χ3v) is 8.93. The van der Waals surface area contributed by atoms with E-state index in [0.29, 0.717) is 38.8 Å². The summed E-state index contributed by atoms with van der Waals surface area (Å²) in [7, 11) is 1.60. The van der Waals surface area contributed by atoms with Crippen LogP contribution in [0.2, 0.25) is 5.02 Å². The number of carboxylic acid groups (broad SMARTS) is 1. The Balaban J connectivity index is 1.72. The molecular formula is C29H45ClFN3O6. The van der Waals surface area contributed by atoms with E-state index in [1.165, 1.54) is 6.07 Å².